The van der Waals surface area contributed by atoms with E-state index < -0.39 is 0 Å². The van der Waals surface area contributed by atoms with Gasteiger partial charge in [0.05, 0.1) is 29.8 Å². The number of rotatable bonds is 11. The number of hydrogen-bond donors (Lipinski definition) is 0. The Hall–Kier alpha value is -4.69. The number of hydrogen-bond acceptors (Lipinski definition) is 5. The first-order valence-electron chi connectivity index (χ1n) is 19.1. The van der Waals surface area contributed by atoms with Gasteiger partial charge in [-0.3, -0.25) is 4.79 Å². The molecule has 4 heterocycles. The number of benzene rings is 3. The maximum atomic E-state index is 13.9. The van der Waals surface area contributed by atoms with Crippen molar-refractivity contribution in [1.82, 2.24) is 24.9 Å². The highest BCUT2D eigenvalue weighted by Gasteiger charge is 2.39. The predicted octanol–water partition coefficient (Wildman–Crippen LogP) is 8.40. The Balaban J connectivity index is 0.898. The number of allylic oxidation sites excluding steroid dienone is 1. The number of carbonyl (C=O) groups is 1. The summed E-state index contributed by atoms with van der Waals surface area (Å²) in [6.45, 7) is 5.63. The summed E-state index contributed by atoms with van der Waals surface area (Å²) in [7, 11) is 0. The van der Waals surface area contributed by atoms with Gasteiger partial charge in [-0.2, -0.15) is 0 Å². The van der Waals surface area contributed by atoms with E-state index in [4.69, 9.17) is 9.95 Å². The van der Waals surface area contributed by atoms with Crippen LogP contribution in [0, 0.1) is 17.8 Å². The highest BCUT2D eigenvalue weighted by molar-refractivity contribution is 5.83. The zero-order chi connectivity index (χ0) is 34.3. The van der Waals surface area contributed by atoms with Crippen molar-refractivity contribution in [3.63, 3.8) is 0 Å². The predicted molar refractivity (Wildman–Crippen MR) is 196 cm³/mol. The Morgan fingerprint density at radius 3 is 2.51 bits per heavy atom. The number of nitrogens with zero attached hydrogens (tertiary/aromatic N) is 6. The lowest BCUT2D eigenvalue weighted by molar-refractivity contribution is -0.756. The standard InChI is InChI=1S/C43H47N6O2/c1-29-11-13-30(14-12-29)17-22-39-35-9-5-6-10-36(35)42-26-47(46-49(39)42)34-20-21-37-38(23-34)40(48-41(37)25-44-45-48)24-43(50)33-18-15-32(16-19-33)28-51-27-31-7-3-2-4-8-31/h2-10,20-21,23,25-26,30,32-33,39-40H,1,11-19,22,24,27-28H2/q+1. The first-order chi connectivity index (χ1) is 25.1. The van der Waals surface area contributed by atoms with Crippen molar-refractivity contribution in [3.8, 4) is 28.2 Å². The molecule has 8 heteroatoms. The van der Waals surface area contributed by atoms with Crippen LogP contribution in [0.3, 0.4) is 0 Å². The summed E-state index contributed by atoms with van der Waals surface area (Å²) in [5, 5.41) is 13.9. The highest BCUT2D eigenvalue weighted by atomic mass is 16.5. The number of ketones is 1. The monoisotopic (exact) mass is 679 g/mol. The van der Waals surface area contributed by atoms with Crippen LogP contribution in [-0.2, 0) is 16.1 Å². The van der Waals surface area contributed by atoms with E-state index in [1.54, 1.807) is 0 Å². The summed E-state index contributed by atoms with van der Waals surface area (Å²) in [4.78, 5) is 13.9. The minimum atomic E-state index is -0.160. The third-order valence-electron chi connectivity index (χ3n) is 12.2. The molecule has 3 aromatic carbocycles. The van der Waals surface area contributed by atoms with Crippen LogP contribution in [0.25, 0.3) is 28.2 Å². The third-order valence-corrected chi connectivity index (χ3v) is 12.2. The van der Waals surface area contributed by atoms with Crippen LogP contribution in [0.5, 0.6) is 0 Å². The van der Waals surface area contributed by atoms with Crippen molar-refractivity contribution >= 4 is 5.78 Å². The maximum Gasteiger partial charge on any atom is 0.199 e. The number of Topliss-reactive ketones (excluding diaryl/α,β-unsaturated/α-hetero) is 1. The molecule has 0 spiro atoms. The SMILES string of the molecule is C=C1CCC(CCC2c3ccccc3-c3cn(-c4ccc5c(c4)C(CC(=O)C4CCC(COCc6ccccc6)CC4)n4nncc4-5)n[n+]32)CC1. The van der Waals surface area contributed by atoms with Crippen LogP contribution in [-0.4, -0.2) is 37.3 Å². The summed E-state index contributed by atoms with van der Waals surface area (Å²) in [6, 6.07) is 25.7. The van der Waals surface area contributed by atoms with E-state index in [0.717, 1.165) is 72.8 Å². The lowest BCUT2D eigenvalue weighted by atomic mass is 9.79. The molecule has 8 nitrogen and oxygen atoms in total. The van der Waals surface area contributed by atoms with E-state index >= 15 is 0 Å². The maximum absolute atomic E-state index is 13.9. The van der Waals surface area contributed by atoms with E-state index in [1.807, 2.05) is 21.6 Å². The van der Waals surface area contributed by atoms with Crippen molar-refractivity contribution < 1.29 is 14.2 Å². The van der Waals surface area contributed by atoms with E-state index in [1.165, 1.54) is 54.4 Å². The Bertz CT molecular complexity index is 2050. The number of fused-ring (bicyclic) bond motifs is 6. The summed E-state index contributed by atoms with van der Waals surface area (Å²) in [6.07, 6.45) is 15.5. The number of aromatic nitrogens is 6. The summed E-state index contributed by atoms with van der Waals surface area (Å²) >= 11 is 0. The van der Waals surface area contributed by atoms with Gasteiger partial charge in [-0.05, 0) is 105 Å². The second-order valence-electron chi connectivity index (χ2n) is 15.4. The van der Waals surface area contributed by atoms with Crippen LogP contribution in [0.2, 0.25) is 0 Å². The molecule has 4 aliphatic rings. The average Bonchev–Trinajstić information content (AvgIpc) is 3.94. The molecule has 2 fully saturated rings. The van der Waals surface area contributed by atoms with Gasteiger partial charge < -0.3 is 4.74 Å². The second-order valence-corrected chi connectivity index (χ2v) is 15.4. The van der Waals surface area contributed by atoms with Crippen LogP contribution < -0.4 is 4.68 Å². The fourth-order valence-electron chi connectivity index (χ4n) is 9.22. The second kappa shape index (κ2) is 13.8. The Kier molecular flexibility index (Phi) is 8.72. The van der Waals surface area contributed by atoms with E-state index in [2.05, 4.69) is 94.5 Å². The Labute approximate surface area is 300 Å². The fourth-order valence-corrected chi connectivity index (χ4v) is 9.22. The molecular formula is C43H47N6O2+. The van der Waals surface area contributed by atoms with E-state index in [-0.39, 0.29) is 18.0 Å². The smallest absolute Gasteiger partial charge is 0.199 e. The Morgan fingerprint density at radius 1 is 0.863 bits per heavy atom. The van der Waals surface area contributed by atoms with Crippen LogP contribution in [0.4, 0.5) is 0 Å². The zero-order valence-corrected chi connectivity index (χ0v) is 29.4. The lowest BCUT2D eigenvalue weighted by Gasteiger charge is -2.28. The fraction of sp³-hybridized carbons (Fsp3) is 0.419. The van der Waals surface area contributed by atoms with E-state index in [0.29, 0.717) is 24.7 Å². The topological polar surface area (TPSA) is 78.7 Å². The first-order valence-corrected chi connectivity index (χ1v) is 19.1. The molecule has 2 atom stereocenters. The Morgan fingerprint density at radius 2 is 1.67 bits per heavy atom. The van der Waals surface area contributed by atoms with Gasteiger partial charge in [-0.1, -0.05) is 72.0 Å². The molecule has 2 aliphatic heterocycles. The molecule has 2 saturated carbocycles. The van der Waals surface area contributed by atoms with Gasteiger partial charge in [0, 0.05) is 35.6 Å². The zero-order valence-electron chi connectivity index (χ0n) is 29.4. The van der Waals surface area contributed by atoms with Gasteiger partial charge in [0.15, 0.2) is 17.6 Å². The lowest BCUT2D eigenvalue weighted by Crippen LogP contribution is -2.40. The van der Waals surface area contributed by atoms with Crippen LogP contribution in [0.15, 0.2) is 97.3 Å². The molecule has 0 amide bonds. The minimum Gasteiger partial charge on any atom is -0.376 e. The molecule has 2 aliphatic carbocycles. The van der Waals surface area contributed by atoms with Gasteiger partial charge in [0.1, 0.15) is 11.8 Å². The molecular weight excluding hydrogens is 633 g/mol. The molecule has 2 aromatic heterocycles. The molecule has 5 aromatic rings. The van der Waals surface area contributed by atoms with Crippen molar-refractivity contribution in [2.24, 2.45) is 17.8 Å². The molecule has 0 bridgehead atoms. The van der Waals surface area contributed by atoms with Crippen molar-refractivity contribution in [2.75, 3.05) is 6.61 Å². The molecule has 2 unspecified atom stereocenters. The number of carbonyl (C=O) groups excluding carboxylic acids is 1. The van der Waals surface area contributed by atoms with Crippen LogP contribution in [0.1, 0.15) is 99.4 Å². The van der Waals surface area contributed by atoms with Gasteiger partial charge in [-0.25, -0.2) is 4.68 Å². The van der Waals surface area contributed by atoms with Gasteiger partial charge >= 0.3 is 0 Å². The van der Waals surface area contributed by atoms with E-state index in [9.17, 15) is 4.79 Å². The average molecular weight is 680 g/mol. The van der Waals surface area contributed by atoms with Gasteiger partial charge in [0.2, 0.25) is 0 Å². The summed E-state index contributed by atoms with van der Waals surface area (Å²) in [5.74, 6) is 1.70. The quantitative estimate of drug-likeness (QED) is 0.104. The third kappa shape index (κ3) is 6.28. The molecule has 0 radical (unpaired) electrons. The molecule has 260 valence electrons. The van der Waals surface area contributed by atoms with Crippen molar-refractivity contribution in [2.45, 2.75) is 89.3 Å². The van der Waals surface area contributed by atoms with Crippen LogP contribution >= 0.6 is 0 Å². The highest BCUT2D eigenvalue weighted by Crippen LogP contribution is 2.43. The summed E-state index contributed by atoms with van der Waals surface area (Å²) < 4.78 is 12.3. The van der Waals surface area contributed by atoms with Gasteiger partial charge in [-0.15, -0.1) is 14.5 Å². The molecule has 0 N–H and O–H groups in total. The largest absolute Gasteiger partial charge is 0.376 e. The summed E-state index contributed by atoms with van der Waals surface area (Å²) in [5.41, 5.74) is 10.7. The normalized spacial score (nSPS) is 22.4. The molecule has 9 rings (SSSR count). The molecule has 0 saturated heterocycles. The number of ether oxygens (including phenoxy) is 1. The van der Waals surface area contributed by atoms with Crippen molar-refractivity contribution in [3.05, 3.63) is 114 Å². The molecule has 51 heavy (non-hydrogen) atoms. The van der Waals surface area contributed by atoms with Crippen molar-refractivity contribution in [1.29, 1.82) is 0 Å². The minimum absolute atomic E-state index is 0.0875. The first kappa shape index (κ1) is 32.2. The van der Waals surface area contributed by atoms with Gasteiger partial charge in [0.25, 0.3) is 0 Å².